The molecule has 0 bridgehead atoms. The maximum atomic E-state index is 11.8. The lowest BCUT2D eigenvalue weighted by atomic mass is 10.2. The maximum absolute atomic E-state index is 11.8. The van der Waals surface area contributed by atoms with Gasteiger partial charge in [0.1, 0.15) is 0 Å². The van der Waals surface area contributed by atoms with Crippen LogP contribution in [-0.4, -0.2) is 44.3 Å². The van der Waals surface area contributed by atoms with Crippen molar-refractivity contribution in [3.8, 4) is 11.5 Å². The number of benzene rings is 1. The highest BCUT2D eigenvalue weighted by Crippen LogP contribution is 2.28. The summed E-state index contributed by atoms with van der Waals surface area (Å²) in [6.07, 6.45) is 6.71. The summed E-state index contributed by atoms with van der Waals surface area (Å²) in [4.78, 5) is 35.1. The largest absolute Gasteiger partial charge is 0.493 e. The van der Waals surface area contributed by atoms with Crippen LogP contribution < -0.4 is 20.1 Å². The van der Waals surface area contributed by atoms with Crippen molar-refractivity contribution in [2.24, 2.45) is 0 Å². The molecule has 2 rings (SSSR count). The summed E-state index contributed by atoms with van der Waals surface area (Å²) in [6.45, 7) is 1.81. The Bertz CT molecular complexity index is 725. The Kier molecular flexibility index (Phi) is 8.33. The van der Waals surface area contributed by atoms with Gasteiger partial charge in [-0.05, 0) is 43.5 Å². The Morgan fingerprint density at radius 1 is 1.18 bits per heavy atom. The third-order valence-electron chi connectivity index (χ3n) is 4.19. The van der Waals surface area contributed by atoms with Crippen molar-refractivity contribution in [3.63, 3.8) is 0 Å². The van der Waals surface area contributed by atoms with Crippen molar-refractivity contribution in [2.75, 3.05) is 20.3 Å². The van der Waals surface area contributed by atoms with Gasteiger partial charge in [-0.3, -0.25) is 10.1 Å². The zero-order valence-electron chi connectivity index (χ0n) is 16.2. The van der Waals surface area contributed by atoms with Crippen LogP contribution in [0.3, 0.4) is 0 Å². The first-order valence-corrected chi connectivity index (χ1v) is 9.27. The lowest BCUT2D eigenvalue weighted by molar-refractivity contribution is -0.143. The molecular weight excluding hydrogens is 364 g/mol. The molecule has 8 nitrogen and oxygen atoms in total. The maximum Gasteiger partial charge on any atom is 0.331 e. The molecule has 2 N–H and O–H groups in total. The minimum atomic E-state index is -0.694. The molecule has 1 aromatic rings. The highest BCUT2D eigenvalue weighted by molar-refractivity contribution is 5.96. The van der Waals surface area contributed by atoms with E-state index in [0.717, 1.165) is 25.7 Å². The molecule has 1 fully saturated rings. The van der Waals surface area contributed by atoms with Gasteiger partial charge in [0.2, 0.25) is 0 Å². The highest BCUT2D eigenvalue weighted by Gasteiger charge is 2.18. The summed E-state index contributed by atoms with van der Waals surface area (Å²) in [5.41, 5.74) is 0.710. The van der Waals surface area contributed by atoms with Crippen molar-refractivity contribution in [1.82, 2.24) is 10.6 Å². The molecular formula is C20H26N2O6. The van der Waals surface area contributed by atoms with E-state index in [2.05, 4.69) is 10.6 Å². The molecule has 8 heteroatoms. The molecule has 152 valence electrons. The van der Waals surface area contributed by atoms with E-state index >= 15 is 0 Å². The highest BCUT2D eigenvalue weighted by atomic mass is 16.5. The first-order valence-electron chi connectivity index (χ1n) is 9.27. The van der Waals surface area contributed by atoms with E-state index in [-0.39, 0.29) is 6.04 Å². The van der Waals surface area contributed by atoms with Crippen molar-refractivity contribution in [2.45, 2.75) is 38.6 Å². The van der Waals surface area contributed by atoms with Crippen LogP contribution in [0.25, 0.3) is 6.08 Å². The van der Waals surface area contributed by atoms with Crippen molar-refractivity contribution in [3.05, 3.63) is 29.8 Å². The van der Waals surface area contributed by atoms with Crippen LogP contribution in [0.2, 0.25) is 0 Å². The van der Waals surface area contributed by atoms with Gasteiger partial charge < -0.3 is 19.5 Å². The van der Waals surface area contributed by atoms with Crippen molar-refractivity contribution < 1.29 is 28.6 Å². The minimum absolute atomic E-state index is 0.101. The van der Waals surface area contributed by atoms with Crippen LogP contribution in [0.1, 0.15) is 38.2 Å². The van der Waals surface area contributed by atoms with Gasteiger partial charge in [0.25, 0.3) is 5.91 Å². The van der Waals surface area contributed by atoms with Crippen molar-refractivity contribution >= 4 is 24.0 Å². The van der Waals surface area contributed by atoms with E-state index in [1.165, 1.54) is 12.2 Å². The number of carbonyl (C=O) groups excluding carboxylic acids is 3. The summed E-state index contributed by atoms with van der Waals surface area (Å²) in [7, 11) is 1.55. The molecule has 1 saturated carbocycles. The topological polar surface area (TPSA) is 103 Å². The summed E-state index contributed by atoms with van der Waals surface area (Å²) < 4.78 is 15.5. The standard InChI is InChI=1S/C20H26N2O6/c1-3-27-17-12-14(8-10-16(17)26-2)9-11-19(24)28-13-18(23)22-20(25)21-15-6-4-5-7-15/h8-12,15H,3-7,13H2,1-2H3,(H2,21,22,23,25)/b11-9+. The average Bonchev–Trinajstić information content (AvgIpc) is 3.18. The van der Waals surface area contributed by atoms with Gasteiger partial charge >= 0.3 is 12.0 Å². The third kappa shape index (κ3) is 6.94. The van der Waals surface area contributed by atoms with E-state index in [0.29, 0.717) is 23.7 Å². The summed E-state index contributed by atoms with van der Waals surface area (Å²) in [5.74, 6) is -0.220. The number of imide groups is 1. The number of methoxy groups -OCH3 is 1. The molecule has 0 unspecified atom stereocenters. The quantitative estimate of drug-likeness (QED) is 0.522. The van der Waals surface area contributed by atoms with Crippen LogP contribution in [0.15, 0.2) is 24.3 Å². The van der Waals surface area contributed by atoms with Gasteiger partial charge in [0, 0.05) is 12.1 Å². The van der Waals surface area contributed by atoms with E-state index in [1.807, 2.05) is 6.92 Å². The Morgan fingerprint density at radius 3 is 2.61 bits per heavy atom. The number of esters is 1. The number of amides is 3. The molecule has 28 heavy (non-hydrogen) atoms. The van der Waals surface area contributed by atoms with Crippen LogP contribution in [0.4, 0.5) is 4.79 Å². The van der Waals surface area contributed by atoms with Crippen LogP contribution in [0.5, 0.6) is 11.5 Å². The van der Waals surface area contributed by atoms with Crippen LogP contribution >= 0.6 is 0 Å². The molecule has 1 aromatic carbocycles. The predicted octanol–water partition coefficient (Wildman–Crippen LogP) is 2.42. The molecule has 1 aliphatic rings. The molecule has 0 atom stereocenters. The Balaban J connectivity index is 1.77. The number of hydrogen-bond donors (Lipinski definition) is 2. The number of urea groups is 1. The second kappa shape index (κ2) is 11.0. The number of carbonyl (C=O) groups is 3. The number of hydrogen-bond acceptors (Lipinski definition) is 6. The zero-order chi connectivity index (χ0) is 20.4. The lowest BCUT2D eigenvalue weighted by Crippen LogP contribution is -2.44. The second-order valence-corrected chi connectivity index (χ2v) is 6.29. The molecule has 3 amide bonds. The number of rotatable bonds is 8. The third-order valence-corrected chi connectivity index (χ3v) is 4.19. The zero-order valence-corrected chi connectivity index (χ0v) is 16.2. The summed E-state index contributed by atoms with van der Waals surface area (Å²) in [5, 5.41) is 4.87. The van der Waals surface area contributed by atoms with Gasteiger partial charge in [0.15, 0.2) is 18.1 Å². The average molecular weight is 390 g/mol. The van der Waals surface area contributed by atoms with E-state index in [4.69, 9.17) is 14.2 Å². The molecule has 1 aliphatic carbocycles. The van der Waals surface area contributed by atoms with Crippen molar-refractivity contribution in [1.29, 1.82) is 0 Å². The molecule has 0 aliphatic heterocycles. The summed E-state index contributed by atoms with van der Waals surface area (Å²) in [6, 6.07) is 4.75. The first-order chi connectivity index (χ1) is 13.5. The molecule has 0 heterocycles. The van der Waals surface area contributed by atoms with Gasteiger partial charge in [-0.1, -0.05) is 18.9 Å². The fourth-order valence-corrected chi connectivity index (χ4v) is 2.87. The van der Waals surface area contributed by atoms with Crippen LogP contribution in [0, 0.1) is 0 Å². The van der Waals surface area contributed by atoms with Gasteiger partial charge in [-0.15, -0.1) is 0 Å². The SMILES string of the molecule is CCOc1cc(/C=C/C(=O)OCC(=O)NC(=O)NC2CCCC2)ccc1OC. The molecule has 0 radical (unpaired) electrons. The van der Waals surface area contributed by atoms with E-state index < -0.39 is 24.5 Å². The molecule has 0 spiro atoms. The predicted molar refractivity (Wildman–Crippen MR) is 103 cm³/mol. The van der Waals surface area contributed by atoms with Gasteiger partial charge in [-0.2, -0.15) is 0 Å². The Labute approximate surface area is 164 Å². The normalized spacial score (nSPS) is 13.9. The second-order valence-electron chi connectivity index (χ2n) is 6.29. The van der Waals surface area contributed by atoms with Gasteiger partial charge in [-0.25, -0.2) is 9.59 Å². The smallest absolute Gasteiger partial charge is 0.331 e. The Hall–Kier alpha value is -3.03. The fourth-order valence-electron chi connectivity index (χ4n) is 2.87. The monoisotopic (exact) mass is 390 g/mol. The van der Waals surface area contributed by atoms with E-state index in [9.17, 15) is 14.4 Å². The molecule has 0 saturated heterocycles. The van der Waals surface area contributed by atoms with Crippen LogP contribution in [-0.2, 0) is 14.3 Å². The lowest BCUT2D eigenvalue weighted by Gasteiger charge is -2.12. The summed E-state index contributed by atoms with van der Waals surface area (Å²) >= 11 is 0. The van der Waals surface area contributed by atoms with Gasteiger partial charge in [0.05, 0.1) is 13.7 Å². The fraction of sp³-hybridized carbons (Fsp3) is 0.450. The minimum Gasteiger partial charge on any atom is -0.493 e. The van der Waals surface area contributed by atoms with E-state index in [1.54, 1.807) is 25.3 Å². The number of nitrogens with one attached hydrogen (secondary N) is 2. The number of ether oxygens (including phenoxy) is 3. The first kappa shape index (κ1) is 21.3. The Morgan fingerprint density at radius 2 is 1.93 bits per heavy atom. The molecule has 0 aromatic heterocycles.